The molecule has 0 spiro atoms. The number of carbonyl (C=O) groups excluding carboxylic acids is 2. The number of esters is 1. The molecule has 0 bridgehead atoms. The summed E-state index contributed by atoms with van der Waals surface area (Å²) >= 11 is 5.80. The number of nitrogens with one attached hydrogen (secondary N) is 1. The summed E-state index contributed by atoms with van der Waals surface area (Å²) in [6.45, 7) is 0.157. The third kappa shape index (κ3) is 5.86. The fourth-order valence-corrected chi connectivity index (χ4v) is 2.54. The average Bonchev–Trinajstić information content (AvgIpc) is 2.72. The summed E-state index contributed by atoms with van der Waals surface area (Å²) in [6.07, 6.45) is 0. The minimum absolute atomic E-state index is 0.251. The van der Waals surface area contributed by atoms with Crippen molar-refractivity contribution < 1.29 is 19.1 Å². The maximum Gasteiger partial charge on any atom is 0.349 e. The van der Waals surface area contributed by atoms with Gasteiger partial charge in [-0.3, -0.25) is 4.79 Å². The van der Waals surface area contributed by atoms with Gasteiger partial charge in [-0.15, -0.1) is 0 Å². The number of amides is 1. The quantitative estimate of drug-likeness (QED) is 0.479. The molecule has 28 heavy (non-hydrogen) atoms. The highest BCUT2D eigenvalue weighted by Crippen LogP contribution is 2.17. The normalized spacial score (nSPS) is 10.2. The highest BCUT2D eigenvalue weighted by molar-refractivity contribution is 6.30. The Bertz CT molecular complexity index is 942. The Morgan fingerprint density at radius 3 is 2.36 bits per heavy atom. The van der Waals surface area contributed by atoms with Gasteiger partial charge in [0.25, 0.3) is 5.91 Å². The lowest BCUT2D eigenvalue weighted by atomic mass is 10.2. The van der Waals surface area contributed by atoms with Gasteiger partial charge in [0, 0.05) is 17.1 Å². The predicted molar refractivity (Wildman–Crippen MR) is 107 cm³/mol. The monoisotopic (exact) mass is 395 g/mol. The van der Waals surface area contributed by atoms with Crippen molar-refractivity contribution in [2.45, 2.75) is 6.54 Å². The van der Waals surface area contributed by atoms with Crippen LogP contribution in [0.1, 0.15) is 15.9 Å². The second kappa shape index (κ2) is 9.58. The summed E-state index contributed by atoms with van der Waals surface area (Å²) in [6, 6.07) is 22.7. The minimum atomic E-state index is -0.572. The van der Waals surface area contributed by atoms with Crippen LogP contribution in [0.3, 0.4) is 0 Å². The molecule has 0 heterocycles. The van der Waals surface area contributed by atoms with Crippen LogP contribution in [0, 0.1) is 0 Å². The molecule has 3 aromatic carbocycles. The molecule has 0 aromatic heterocycles. The summed E-state index contributed by atoms with van der Waals surface area (Å²) < 4.78 is 10.6. The Labute approximate surface area is 167 Å². The number of carbonyl (C=O) groups is 2. The highest BCUT2D eigenvalue weighted by atomic mass is 35.5. The average molecular weight is 396 g/mol. The molecule has 0 saturated heterocycles. The van der Waals surface area contributed by atoms with Crippen molar-refractivity contribution >= 4 is 23.5 Å². The second-order valence-electron chi connectivity index (χ2n) is 5.91. The number of halogens is 1. The Hall–Kier alpha value is -3.31. The van der Waals surface area contributed by atoms with Crippen LogP contribution in [0.4, 0.5) is 0 Å². The van der Waals surface area contributed by atoms with E-state index in [1.807, 2.05) is 30.3 Å². The molecule has 0 radical (unpaired) electrons. The highest BCUT2D eigenvalue weighted by Gasteiger charge is 2.10. The molecule has 5 nitrogen and oxygen atoms in total. The van der Waals surface area contributed by atoms with Gasteiger partial charge in [0.15, 0.2) is 6.61 Å². The molecule has 1 N–H and O–H groups in total. The smallest absolute Gasteiger partial charge is 0.349 e. The molecule has 0 aliphatic carbocycles. The summed E-state index contributed by atoms with van der Waals surface area (Å²) in [5, 5.41) is 3.41. The van der Waals surface area contributed by atoms with E-state index in [2.05, 4.69) is 5.32 Å². The van der Waals surface area contributed by atoms with Gasteiger partial charge in [0.05, 0.1) is 0 Å². The first-order valence-corrected chi connectivity index (χ1v) is 8.99. The molecular formula is C22H18ClNO4. The minimum Gasteiger partial charge on any atom is -0.482 e. The van der Waals surface area contributed by atoms with E-state index in [0.29, 0.717) is 22.9 Å². The van der Waals surface area contributed by atoms with Crippen molar-refractivity contribution in [3.63, 3.8) is 0 Å². The lowest BCUT2D eigenvalue weighted by molar-refractivity contribution is -0.136. The molecule has 3 aromatic rings. The lowest BCUT2D eigenvalue weighted by Crippen LogP contribution is -2.23. The largest absolute Gasteiger partial charge is 0.482 e. The first-order chi connectivity index (χ1) is 13.6. The Morgan fingerprint density at radius 1 is 0.857 bits per heavy atom. The van der Waals surface area contributed by atoms with Gasteiger partial charge in [-0.25, -0.2) is 4.79 Å². The van der Waals surface area contributed by atoms with E-state index >= 15 is 0 Å². The van der Waals surface area contributed by atoms with Gasteiger partial charge in [-0.1, -0.05) is 48.0 Å². The zero-order chi connectivity index (χ0) is 19.8. The Balaban J connectivity index is 1.52. The summed E-state index contributed by atoms with van der Waals surface area (Å²) in [5.41, 5.74) is 1.40. The number of benzene rings is 3. The topological polar surface area (TPSA) is 64.6 Å². The Kier molecular flexibility index (Phi) is 6.65. The van der Waals surface area contributed by atoms with Crippen LogP contribution in [0.15, 0.2) is 78.9 Å². The fourth-order valence-electron chi connectivity index (χ4n) is 2.42. The zero-order valence-corrected chi connectivity index (χ0v) is 15.7. The molecule has 0 saturated carbocycles. The van der Waals surface area contributed by atoms with E-state index in [4.69, 9.17) is 21.1 Å². The molecule has 0 atom stereocenters. The van der Waals surface area contributed by atoms with E-state index in [0.717, 1.165) is 5.56 Å². The molecule has 0 fully saturated rings. The van der Waals surface area contributed by atoms with Crippen molar-refractivity contribution in [3.8, 4) is 11.5 Å². The summed E-state index contributed by atoms with van der Waals surface area (Å²) in [4.78, 5) is 24.3. The number of rotatable bonds is 7. The van der Waals surface area contributed by atoms with Crippen molar-refractivity contribution in [2.75, 3.05) is 6.61 Å². The van der Waals surface area contributed by atoms with Crippen LogP contribution in [0.25, 0.3) is 0 Å². The van der Waals surface area contributed by atoms with Gasteiger partial charge in [-0.05, 0) is 48.0 Å². The number of hydrogen-bond acceptors (Lipinski definition) is 4. The number of ether oxygens (including phenoxy) is 2. The SMILES string of the molecule is O=C(COc1ccc(Cl)cc1)Oc1cccc(C(=O)NCc2ccccc2)c1. The Morgan fingerprint density at radius 2 is 1.61 bits per heavy atom. The summed E-state index contributed by atoms with van der Waals surface area (Å²) in [7, 11) is 0. The van der Waals surface area contributed by atoms with E-state index < -0.39 is 5.97 Å². The predicted octanol–water partition coefficient (Wildman–Crippen LogP) is 4.25. The van der Waals surface area contributed by atoms with E-state index in [-0.39, 0.29) is 18.3 Å². The third-order valence-corrected chi connectivity index (χ3v) is 4.05. The van der Waals surface area contributed by atoms with Crippen molar-refractivity contribution in [2.24, 2.45) is 0 Å². The van der Waals surface area contributed by atoms with Crippen LogP contribution in [-0.4, -0.2) is 18.5 Å². The van der Waals surface area contributed by atoms with Gasteiger partial charge < -0.3 is 14.8 Å². The van der Waals surface area contributed by atoms with Crippen LogP contribution >= 0.6 is 11.6 Å². The summed E-state index contributed by atoms with van der Waals surface area (Å²) in [5.74, 6) is -0.0385. The molecule has 0 aliphatic heterocycles. The van der Waals surface area contributed by atoms with Crippen molar-refractivity contribution in [1.82, 2.24) is 5.32 Å². The van der Waals surface area contributed by atoms with Gasteiger partial charge in [-0.2, -0.15) is 0 Å². The molecule has 0 unspecified atom stereocenters. The van der Waals surface area contributed by atoms with Gasteiger partial charge in [0.2, 0.25) is 0 Å². The van der Waals surface area contributed by atoms with Crippen LogP contribution < -0.4 is 14.8 Å². The van der Waals surface area contributed by atoms with Crippen LogP contribution in [-0.2, 0) is 11.3 Å². The van der Waals surface area contributed by atoms with Crippen molar-refractivity contribution in [1.29, 1.82) is 0 Å². The van der Waals surface area contributed by atoms with Crippen LogP contribution in [0.2, 0.25) is 5.02 Å². The van der Waals surface area contributed by atoms with Gasteiger partial charge in [0.1, 0.15) is 11.5 Å². The molecular weight excluding hydrogens is 378 g/mol. The first-order valence-electron chi connectivity index (χ1n) is 8.61. The molecule has 142 valence electrons. The zero-order valence-electron chi connectivity index (χ0n) is 14.9. The number of hydrogen-bond donors (Lipinski definition) is 1. The molecule has 0 aliphatic rings. The third-order valence-electron chi connectivity index (χ3n) is 3.79. The maximum atomic E-state index is 12.3. The molecule has 1 amide bonds. The standard InChI is InChI=1S/C22H18ClNO4/c23-18-9-11-19(12-10-18)27-15-21(25)28-20-8-4-7-17(13-20)22(26)24-14-16-5-2-1-3-6-16/h1-13H,14-15H2,(H,24,26). The maximum absolute atomic E-state index is 12.3. The van der Waals surface area contributed by atoms with Gasteiger partial charge >= 0.3 is 5.97 Å². The first kappa shape index (κ1) is 19.5. The lowest BCUT2D eigenvalue weighted by Gasteiger charge is -2.09. The molecule has 3 rings (SSSR count). The van der Waals surface area contributed by atoms with E-state index in [1.54, 1.807) is 42.5 Å². The van der Waals surface area contributed by atoms with Crippen LogP contribution in [0.5, 0.6) is 11.5 Å². The molecule has 6 heteroatoms. The van der Waals surface area contributed by atoms with Crippen molar-refractivity contribution in [3.05, 3.63) is 95.0 Å². The van der Waals surface area contributed by atoms with E-state index in [9.17, 15) is 9.59 Å². The van der Waals surface area contributed by atoms with E-state index in [1.165, 1.54) is 6.07 Å². The second-order valence-corrected chi connectivity index (χ2v) is 6.35. The fraction of sp³-hybridized carbons (Fsp3) is 0.0909.